The Kier molecular flexibility index (Phi) is 4.69. The molecule has 128 valence electrons. The van der Waals surface area contributed by atoms with Crippen LogP contribution in [0, 0.1) is 18.8 Å². The van der Waals surface area contributed by atoms with Gasteiger partial charge in [0.05, 0.1) is 5.69 Å². The summed E-state index contributed by atoms with van der Waals surface area (Å²) in [6.45, 7) is 7.87. The minimum atomic E-state index is -0.0544. The molecule has 0 radical (unpaired) electrons. The first-order valence-corrected chi connectivity index (χ1v) is 8.71. The molecule has 5 nitrogen and oxygen atoms in total. The van der Waals surface area contributed by atoms with Crippen molar-refractivity contribution < 1.29 is 9.59 Å². The van der Waals surface area contributed by atoms with Crippen molar-refractivity contribution in [2.24, 2.45) is 16.9 Å². The molecule has 2 heterocycles. The summed E-state index contributed by atoms with van der Waals surface area (Å²) >= 11 is 0. The summed E-state index contributed by atoms with van der Waals surface area (Å²) in [5.41, 5.74) is 2.23. The number of amides is 2. The number of aryl methyl sites for hydroxylation is 1. The van der Waals surface area contributed by atoms with Crippen molar-refractivity contribution in [3.8, 4) is 0 Å². The number of para-hydroxylation sites is 1. The standard InChI is InChI=1S/C19H25N3O2/c1-13-10-14(2)12-21(11-13)19(24)16-8-9-18(23)22(20-16)17-7-5-4-6-15(17)3/h4-7,13-14H,8-12H2,1-3H3/t13-,14-/m0/s1. The van der Waals surface area contributed by atoms with Crippen LogP contribution >= 0.6 is 0 Å². The van der Waals surface area contributed by atoms with Gasteiger partial charge < -0.3 is 4.90 Å². The van der Waals surface area contributed by atoms with E-state index in [0.717, 1.165) is 30.8 Å². The monoisotopic (exact) mass is 327 g/mol. The van der Waals surface area contributed by atoms with E-state index in [4.69, 9.17) is 0 Å². The molecule has 0 aromatic heterocycles. The number of hydrogen-bond acceptors (Lipinski definition) is 3. The Bertz CT molecular complexity index is 673. The van der Waals surface area contributed by atoms with Crippen molar-refractivity contribution in [3.63, 3.8) is 0 Å². The van der Waals surface area contributed by atoms with Crippen molar-refractivity contribution in [3.05, 3.63) is 29.8 Å². The molecule has 0 bridgehead atoms. The van der Waals surface area contributed by atoms with Crippen molar-refractivity contribution in [2.75, 3.05) is 18.1 Å². The summed E-state index contributed by atoms with van der Waals surface area (Å²) < 4.78 is 0. The topological polar surface area (TPSA) is 53.0 Å². The molecule has 0 N–H and O–H groups in total. The molecule has 0 unspecified atom stereocenters. The van der Waals surface area contributed by atoms with Gasteiger partial charge in [-0.15, -0.1) is 0 Å². The smallest absolute Gasteiger partial charge is 0.270 e. The molecule has 2 amide bonds. The van der Waals surface area contributed by atoms with Crippen LogP contribution in [0.5, 0.6) is 0 Å². The van der Waals surface area contributed by atoms with Crippen LogP contribution in [0.15, 0.2) is 29.4 Å². The normalized spacial score (nSPS) is 24.8. The third-order valence-electron chi connectivity index (χ3n) is 4.78. The van der Waals surface area contributed by atoms with Crippen molar-refractivity contribution in [2.45, 2.75) is 40.0 Å². The second kappa shape index (κ2) is 6.75. The van der Waals surface area contributed by atoms with E-state index in [1.54, 1.807) is 0 Å². The van der Waals surface area contributed by atoms with Gasteiger partial charge in [0.2, 0.25) is 5.91 Å². The van der Waals surface area contributed by atoms with Gasteiger partial charge in [-0.3, -0.25) is 9.59 Å². The lowest BCUT2D eigenvalue weighted by Gasteiger charge is -2.36. The Hall–Kier alpha value is -2.17. The van der Waals surface area contributed by atoms with E-state index >= 15 is 0 Å². The van der Waals surface area contributed by atoms with E-state index in [1.807, 2.05) is 36.1 Å². The van der Waals surface area contributed by atoms with Crippen molar-refractivity contribution in [1.29, 1.82) is 0 Å². The molecule has 1 saturated heterocycles. The fraction of sp³-hybridized carbons (Fsp3) is 0.526. The molecule has 0 aliphatic carbocycles. The number of carbonyl (C=O) groups is 2. The number of piperidine rings is 1. The average molecular weight is 327 g/mol. The van der Waals surface area contributed by atoms with Gasteiger partial charge in [0.1, 0.15) is 5.71 Å². The Morgan fingerprint density at radius 2 is 1.79 bits per heavy atom. The maximum absolute atomic E-state index is 12.9. The summed E-state index contributed by atoms with van der Waals surface area (Å²) in [5, 5.41) is 5.83. The first kappa shape index (κ1) is 16.7. The summed E-state index contributed by atoms with van der Waals surface area (Å²) in [6, 6.07) is 7.63. The van der Waals surface area contributed by atoms with Crippen LogP contribution in [-0.4, -0.2) is 35.5 Å². The second-order valence-corrected chi connectivity index (χ2v) is 7.19. The van der Waals surface area contributed by atoms with Crippen LogP contribution in [0.3, 0.4) is 0 Å². The molecule has 2 aliphatic heterocycles. The Balaban J connectivity index is 1.85. The molecule has 3 rings (SSSR count). The Labute approximate surface area is 143 Å². The molecule has 5 heteroatoms. The summed E-state index contributed by atoms with van der Waals surface area (Å²) in [6.07, 6.45) is 1.92. The summed E-state index contributed by atoms with van der Waals surface area (Å²) in [7, 11) is 0. The molecule has 2 aliphatic rings. The van der Waals surface area contributed by atoms with Gasteiger partial charge >= 0.3 is 0 Å². The van der Waals surface area contributed by atoms with Gasteiger partial charge in [0.15, 0.2) is 0 Å². The van der Waals surface area contributed by atoms with Crippen LogP contribution in [0.4, 0.5) is 5.69 Å². The van der Waals surface area contributed by atoms with Crippen LogP contribution in [-0.2, 0) is 9.59 Å². The van der Waals surface area contributed by atoms with E-state index in [2.05, 4.69) is 18.9 Å². The third-order valence-corrected chi connectivity index (χ3v) is 4.78. The molecule has 1 fully saturated rings. The van der Waals surface area contributed by atoms with E-state index in [1.165, 1.54) is 5.01 Å². The average Bonchev–Trinajstić information content (AvgIpc) is 2.54. The minimum Gasteiger partial charge on any atom is -0.337 e. The van der Waals surface area contributed by atoms with Gasteiger partial charge in [0, 0.05) is 25.9 Å². The highest BCUT2D eigenvalue weighted by Gasteiger charge is 2.32. The predicted molar refractivity (Wildman–Crippen MR) is 94.9 cm³/mol. The molecule has 0 saturated carbocycles. The zero-order chi connectivity index (χ0) is 17.3. The highest BCUT2D eigenvalue weighted by molar-refractivity contribution is 6.40. The van der Waals surface area contributed by atoms with Gasteiger partial charge in [-0.25, -0.2) is 5.01 Å². The second-order valence-electron chi connectivity index (χ2n) is 7.19. The number of carbonyl (C=O) groups excluding carboxylic acids is 2. The molecular weight excluding hydrogens is 302 g/mol. The number of rotatable bonds is 2. The SMILES string of the molecule is Cc1ccccc1N1N=C(C(=O)N2C[C@@H](C)C[C@H](C)C2)CCC1=O. The van der Waals surface area contributed by atoms with Crippen LogP contribution in [0.2, 0.25) is 0 Å². The number of likely N-dealkylation sites (tertiary alicyclic amines) is 1. The fourth-order valence-electron chi connectivity index (χ4n) is 3.71. The molecular formula is C19H25N3O2. The highest BCUT2D eigenvalue weighted by Crippen LogP contribution is 2.26. The summed E-state index contributed by atoms with van der Waals surface area (Å²) in [5.74, 6) is 0.952. The molecule has 2 atom stereocenters. The largest absolute Gasteiger partial charge is 0.337 e. The zero-order valence-electron chi connectivity index (χ0n) is 14.7. The molecule has 1 aromatic carbocycles. The van der Waals surface area contributed by atoms with Gasteiger partial charge in [-0.05, 0) is 36.8 Å². The zero-order valence-corrected chi connectivity index (χ0v) is 14.7. The van der Waals surface area contributed by atoms with Crippen LogP contribution in [0.1, 0.15) is 38.7 Å². The maximum atomic E-state index is 12.9. The van der Waals surface area contributed by atoms with Gasteiger partial charge in [-0.2, -0.15) is 5.10 Å². The van der Waals surface area contributed by atoms with Crippen LogP contribution in [0.25, 0.3) is 0 Å². The lowest BCUT2D eigenvalue weighted by Crippen LogP contribution is -2.47. The van der Waals surface area contributed by atoms with Crippen molar-refractivity contribution in [1.82, 2.24) is 4.90 Å². The van der Waals surface area contributed by atoms with Gasteiger partial charge in [0.25, 0.3) is 5.91 Å². The number of hydrazone groups is 1. The van der Waals surface area contributed by atoms with E-state index in [9.17, 15) is 9.59 Å². The Morgan fingerprint density at radius 1 is 1.12 bits per heavy atom. The lowest BCUT2D eigenvalue weighted by molar-refractivity contribution is -0.126. The molecule has 0 spiro atoms. The first-order valence-electron chi connectivity index (χ1n) is 8.71. The minimum absolute atomic E-state index is 0.0144. The van der Waals surface area contributed by atoms with Gasteiger partial charge in [-0.1, -0.05) is 32.0 Å². The number of benzene rings is 1. The maximum Gasteiger partial charge on any atom is 0.270 e. The van der Waals surface area contributed by atoms with Crippen molar-refractivity contribution >= 4 is 23.2 Å². The number of anilines is 1. The number of hydrogen-bond donors (Lipinski definition) is 0. The van der Waals surface area contributed by atoms with E-state index in [0.29, 0.717) is 30.4 Å². The predicted octanol–water partition coefficient (Wildman–Crippen LogP) is 2.98. The quantitative estimate of drug-likeness (QED) is 0.838. The fourth-order valence-corrected chi connectivity index (χ4v) is 3.71. The number of nitrogens with zero attached hydrogens (tertiary/aromatic N) is 3. The van der Waals surface area contributed by atoms with E-state index in [-0.39, 0.29) is 11.8 Å². The Morgan fingerprint density at radius 3 is 2.46 bits per heavy atom. The summed E-state index contributed by atoms with van der Waals surface area (Å²) in [4.78, 5) is 27.1. The highest BCUT2D eigenvalue weighted by atomic mass is 16.2. The molecule has 1 aromatic rings. The van der Waals surface area contributed by atoms with Crippen LogP contribution < -0.4 is 5.01 Å². The third kappa shape index (κ3) is 3.35. The van der Waals surface area contributed by atoms with E-state index < -0.39 is 0 Å². The lowest BCUT2D eigenvalue weighted by atomic mass is 9.91. The molecule has 24 heavy (non-hydrogen) atoms. The first-order chi connectivity index (χ1) is 11.5.